The first kappa shape index (κ1) is 65.0. The lowest BCUT2D eigenvalue weighted by Crippen LogP contribution is -2.58. The number of carbonyl (C=O) groups is 2. The summed E-state index contributed by atoms with van der Waals surface area (Å²) in [6.07, 6.45) is -23.7. The molecule has 23 heteroatoms. The van der Waals surface area contributed by atoms with E-state index < -0.39 is 101 Å². The topological polar surface area (TPSA) is 134 Å². The Morgan fingerprint density at radius 3 is 1.31 bits per heavy atom. The van der Waals surface area contributed by atoms with Crippen LogP contribution in [0.4, 0.5) is 65.9 Å². The largest absolute Gasteiger partial charge is 0.469 e. The maximum absolute atomic E-state index is 13.1. The number of aliphatic hydroxyl groups is 4. The number of methoxy groups -OCH3 is 1. The lowest BCUT2D eigenvalue weighted by molar-refractivity contribution is -0.373. The zero-order valence-corrected chi connectivity index (χ0v) is 40.2. The summed E-state index contributed by atoms with van der Waals surface area (Å²) in [6, 6.07) is 2.60. The summed E-state index contributed by atoms with van der Waals surface area (Å²) in [5, 5.41) is 37.8. The van der Waals surface area contributed by atoms with Gasteiger partial charge >= 0.3 is 42.8 Å². The van der Waals surface area contributed by atoms with Crippen molar-refractivity contribution in [2.24, 2.45) is 28.6 Å². The third kappa shape index (κ3) is 16.5. The molecule has 4 N–H and O–H groups in total. The van der Waals surface area contributed by atoms with E-state index in [0.717, 1.165) is 25.0 Å². The van der Waals surface area contributed by atoms with Crippen LogP contribution in [-0.4, -0.2) is 88.2 Å². The smallest absolute Gasteiger partial charge is 0.426 e. The SMILES string of the molecule is CCC(C)(C)C(=O)OC.CCC(C)(C)C(=O)OCCC(C)(O)C(F)(F)F.CCC(C)c1cc(C(C)(O)C(F)(F)F)cc(C(C)(O)C(F)(F)F)c1.OC(CC1CC2CCC1C2)(C(F)(F)F)C(F)(F)F. The summed E-state index contributed by atoms with van der Waals surface area (Å²) in [4.78, 5) is 22.3. The molecule has 68 heavy (non-hydrogen) atoms. The van der Waals surface area contributed by atoms with Gasteiger partial charge in [-0.2, -0.15) is 65.9 Å². The number of hydrogen-bond acceptors (Lipinski definition) is 8. The van der Waals surface area contributed by atoms with E-state index in [1.54, 1.807) is 34.6 Å². The molecule has 400 valence electrons. The lowest BCUT2D eigenvalue weighted by Gasteiger charge is -2.36. The summed E-state index contributed by atoms with van der Waals surface area (Å²) in [5.41, 5.74) is -16.4. The van der Waals surface area contributed by atoms with E-state index in [-0.39, 0.29) is 34.7 Å². The predicted octanol–water partition coefficient (Wildman–Crippen LogP) is 12.7. The summed E-state index contributed by atoms with van der Waals surface area (Å²) < 4.78 is 200. The number of hydrogen-bond donors (Lipinski definition) is 4. The lowest BCUT2D eigenvalue weighted by atomic mass is 9.79. The number of carbonyl (C=O) groups excluding carboxylic acids is 2. The highest BCUT2D eigenvalue weighted by atomic mass is 19.4. The third-order valence-corrected chi connectivity index (χ3v) is 13.2. The van der Waals surface area contributed by atoms with Gasteiger partial charge < -0.3 is 29.9 Å². The van der Waals surface area contributed by atoms with Crippen molar-refractivity contribution in [3.63, 3.8) is 0 Å². The molecule has 7 atom stereocenters. The monoisotopic (exact) mass is 1020 g/mol. The van der Waals surface area contributed by atoms with Gasteiger partial charge in [0.1, 0.15) is 0 Å². The number of ether oxygens (including phenoxy) is 2. The molecule has 1 aromatic rings. The van der Waals surface area contributed by atoms with Crippen molar-refractivity contribution >= 4 is 11.9 Å². The fourth-order valence-corrected chi connectivity index (χ4v) is 6.70. The minimum Gasteiger partial charge on any atom is -0.469 e. The Morgan fingerprint density at radius 1 is 0.618 bits per heavy atom. The van der Waals surface area contributed by atoms with Crippen LogP contribution in [0, 0.1) is 28.6 Å². The van der Waals surface area contributed by atoms with E-state index in [9.17, 15) is 85.7 Å². The molecule has 2 aliphatic rings. The second-order valence-electron chi connectivity index (χ2n) is 19.4. The Bertz CT molecular complexity index is 1700. The molecule has 2 saturated carbocycles. The van der Waals surface area contributed by atoms with Crippen LogP contribution in [0.3, 0.4) is 0 Å². The molecular weight excluding hydrogens is 953 g/mol. The van der Waals surface area contributed by atoms with E-state index in [2.05, 4.69) is 4.74 Å². The second kappa shape index (κ2) is 23.0. The maximum Gasteiger partial charge on any atom is 0.426 e. The fraction of sp³-hybridized carbons (Fsp3) is 0.822. The molecule has 2 aliphatic carbocycles. The molecule has 8 nitrogen and oxygen atoms in total. The van der Waals surface area contributed by atoms with E-state index in [4.69, 9.17) is 14.9 Å². The minimum atomic E-state index is -5.67. The molecule has 0 heterocycles. The maximum atomic E-state index is 13.1. The minimum absolute atomic E-state index is 0.0915. The van der Waals surface area contributed by atoms with Gasteiger partial charge in [-0.15, -0.1) is 0 Å². The number of fused-ring (bicyclic) bond motifs is 2. The van der Waals surface area contributed by atoms with Crippen molar-refractivity contribution < 1.29 is 105 Å². The van der Waals surface area contributed by atoms with Gasteiger partial charge in [0, 0.05) is 6.42 Å². The number of alkyl halides is 15. The highest BCUT2D eigenvalue weighted by Gasteiger charge is 2.71. The zero-order valence-electron chi connectivity index (χ0n) is 40.2. The summed E-state index contributed by atoms with van der Waals surface area (Å²) in [7, 11) is 1.42. The van der Waals surface area contributed by atoms with Gasteiger partial charge in [0.05, 0.1) is 24.5 Å². The van der Waals surface area contributed by atoms with Gasteiger partial charge in [0.25, 0.3) is 5.60 Å². The number of rotatable bonds is 13. The Labute approximate surface area is 387 Å². The van der Waals surface area contributed by atoms with Gasteiger partial charge in [0.15, 0.2) is 16.8 Å². The standard InChI is InChI=1S/C16H20F6O2.C11H14F6O.C11H19F3O3.C7H14O2/c1-5-9(2)10-6-11(13(3,23)15(17,18)19)8-12(7-10)14(4,24)16(20,21)22;12-10(13,14)9(18,11(15,16)17)5-8-4-6-1-2-7(8)3-6;1-5-9(2,3)8(15)17-7-6-10(4,16)11(12,13)14;1-5-7(2,3)6(8)9-4/h6-9,23-24H,5H2,1-4H3;6-8,18H,1-5H2;16H,5-7H2,1-4H3;5H2,1-4H3. The number of halogens is 15. The Morgan fingerprint density at radius 2 is 1.03 bits per heavy atom. The Kier molecular flexibility index (Phi) is 22.0. The van der Waals surface area contributed by atoms with Gasteiger partial charge in [-0.1, -0.05) is 46.2 Å². The predicted molar refractivity (Wildman–Crippen MR) is 219 cm³/mol. The highest BCUT2D eigenvalue weighted by Crippen LogP contribution is 2.55. The van der Waals surface area contributed by atoms with Crippen LogP contribution >= 0.6 is 0 Å². The highest BCUT2D eigenvalue weighted by molar-refractivity contribution is 5.76. The summed E-state index contributed by atoms with van der Waals surface area (Å²) in [6.45, 7) is 15.3. The van der Waals surface area contributed by atoms with Crippen molar-refractivity contribution in [1.29, 1.82) is 0 Å². The Balaban J connectivity index is 0.000000921. The molecular formula is C45H67F15O8. The van der Waals surface area contributed by atoms with Gasteiger partial charge in [0.2, 0.25) is 0 Å². The molecule has 7 unspecified atom stereocenters. The Hall–Kier alpha value is -3.05. The normalized spacial score (nSPS) is 21.2. The van der Waals surface area contributed by atoms with Crippen molar-refractivity contribution in [2.45, 2.75) is 193 Å². The zero-order chi connectivity index (χ0) is 54.3. The summed E-state index contributed by atoms with van der Waals surface area (Å²) in [5.74, 6) is -1.56. The van der Waals surface area contributed by atoms with Crippen molar-refractivity contribution in [1.82, 2.24) is 0 Å². The molecule has 0 aromatic heterocycles. The van der Waals surface area contributed by atoms with Crippen molar-refractivity contribution in [2.75, 3.05) is 13.7 Å². The van der Waals surface area contributed by atoms with Crippen molar-refractivity contribution in [3.8, 4) is 0 Å². The van der Waals surface area contributed by atoms with Crippen LogP contribution in [0.1, 0.15) is 157 Å². The van der Waals surface area contributed by atoms with Crippen LogP contribution < -0.4 is 0 Å². The van der Waals surface area contributed by atoms with E-state index in [0.29, 0.717) is 58.9 Å². The van der Waals surface area contributed by atoms with Gasteiger partial charge in [-0.25, -0.2) is 0 Å². The average Bonchev–Trinajstić information content (AvgIpc) is 3.82. The molecule has 2 bridgehead atoms. The average molecular weight is 1020 g/mol. The van der Waals surface area contributed by atoms with Crippen LogP contribution in [0.5, 0.6) is 0 Å². The van der Waals surface area contributed by atoms with E-state index >= 15 is 0 Å². The van der Waals surface area contributed by atoms with Crippen LogP contribution in [0.2, 0.25) is 0 Å². The fourth-order valence-electron chi connectivity index (χ4n) is 6.70. The van der Waals surface area contributed by atoms with Gasteiger partial charge in [-0.3, -0.25) is 9.59 Å². The first-order valence-corrected chi connectivity index (χ1v) is 21.7. The van der Waals surface area contributed by atoms with E-state index in [1.165, 1.54) is 7.11 Å². The number of benzene rings is 1. The molecule has 0 saturated heterocycles. The van der Waals surface area contributed by atoms with Gasteiger partial charge in [-0.05, 0) is 140 Å². The second-order valence-corrected chi connectivity index (χ2v) is 19.4. The van der Waals surface area contributed by atoms with Crippen LogP contribution in [0.25, 0.3) is 0 Å². The summed E-state index contributed by atoms with van der Waals surface area (Å²) >= 11 is 0. The van der Waals surface area contributed by atoms with E-state index in [1.807, 2.05) is 20.8 Å². The third-order valence-electron chi connectivity index (χ3n) is 13.2. The van der Waals surface area contributed by atoms with Crippen LogP contribution in [-0.2, 0) is 30.3 Å². The van der Waals surface area contributed by atoms with Crippen LogP contribution in [0.15, 0.2) is 18.2 Å². The molecule has 2 fully saturated rings. The quantitative estimate of drug-likeness (QED) is 0.113. The molecule has 0 spiro atoms. The molecule has 1 aromatic carbocycles. The molecule has 3 rings (SSSR count). The molecule has 0 radical (unpaired) electrons. The first-order chi connectivity index (χ1) is 30.1. The number of esters is 2. The van der Waals surface area contributed by atoms with Crippen molar-refractivity contribution in [3.05, 3.63) is 34.9 Å². The molecule has 0 amide bonds. The molecule has 0 aliphatic heterocycles. The first-order valence-electron chi connectivity index (χ1n) is 21.7.